The zero-order valence-electron chi connectivity index (χ0n) is 13.1. The van der Waals surface area contributed by atoms with Crippen LogP contribution in [0.2, 0.25) is 0 Å². The van der Waals surface area contributed by atoms with Gasteiger partial charge in [0.2, 0.25) is 0 Å². The second kappa shape index (κ2) is 7.09. The Bertz CT molecular complexity index is 431. The highest BCUT2D eigenvalue weighted by atomic mass is 16.5. The van der Waals surface area contributed by atoms with Gasteiger partial charge in [-0.25, -0.2) is 0 Å². The number of likely N-dealkylation sites (tertiary alicyclic amines) is 1. The summed E-state index contributed by atoms with van der Waals surface area (Å²) in [4.78, 5) is 2.47. The van der Waals surface area contributed by atoms with E-state index in [0.717, 1.165) is 24.3 Å². The van der Waals surface area contributed by atoms with Gasteiger partial charge in [0.1, 0.15) is 5.75 Å². The van der Waals surface area contributed by atoms with Crippen LogP contribution >= 0.6 is 0 Å². The first-order valence-corrected chi connectivity index (χ1v) is 7.77. The van der Waals surface area contributed by atoms with Crippen LogP contribution in [0.4, 0.5) is 0 Å². The Labute approximate surface area is 123 Å². The summed E-state index contributed by atoms with van der Waals surface area (Å²) in [5.41, 5.74) is 8.38. The average molecular weight is 276 g/mol. The van der Waals surface area contributed by atoms with E-state index in [1.54, 1.807) is 0 Å². The van der Waals surface area contributed by atoms with Gasteiger partial charge in [0, 0.05) is 17.6 Å². The summed E-state index contributed by atoms with van der Waals surface area (Å²) in [7, 11) is 2.23. The topological polar surface area (TPSA) is 38.5 Å². The van der Waals surface area contributed by atoms with Crippen molar-refractivity contribution < 1.29 is 4.74 Å². The van der Waals surface area contributed by atoms with Gasteiger partial charge >= 0.3 is 0 Å². The predicted molar refractivity (Wildman–Crippen MR) is 84.2 cm³/mol. The monoisotopic (exact) mass is 276 g/mol. The molecule has 0 radical (unpaired) electrons. The lowest BCUT2D eigenvalue weighted by Gasteiger charge is -2.32. The van der Waals surface area contributed by atoms with Crippen LogP contribution in [0.3, 0.4) is 0 Å². The van der Waals surface area contributed by atoms with Crippen LogP contribution in [0.15, 0.2) is 18.2 Å². The molecule has 0 saturated carbocycles. The summed E-state index contributed by atoms with van der Waals surface area (Å²) in [6, 6.07) is 6.97. The van der Waals surface area contributed by atoms with E-state index in [1.165, 1.54) is 31.4 Å². The van der Waals surface area contributed by atoms with Crippen molar-refractivity contribution >= 4 is 0 Å². The van der Waals surface area contributed by atoms with Gasteiger partial charge in [-0.15, -0.1) is 0 Å². The van der Waals surface area contributed by atoms with Gasteiger partial charge in [0.25, 0.3) is 0 Å². The minimum absolute atomic E-state index is 0.0160. The predicted octanol–water partition coefficient (Wildman–Crippen LogP) is 3.27. The van der Waals surface area contributed by atoms with E-state index in [-0.39, 0.29) is 6.04 Å². The molecule has 20 heavy (non-hydrogen) atoms. The van der Waals surface area contributed by atoms with E-state index in [2.05, 4.69) is 37.1 Å². The summed E-state index contributed by atoms with van der Waals surface area (Å²) < 4.78 is 6.00. The lowest BCUT2D eigenvalue weighted by atomic mass is 10.0. The fourth-order valence-corrected chi connectivity index (χ4v) is 2.97. The second-order valence-corrected chi connectivity index (χ2v) is 6.10. The fraction of sp³-hybridized carbons (Fsp3) is 0.647. The lowest BCUT2D eigenvalue weighted by molar-refractivity contribution is 0.152. The smallest absolute Gasteiger partial charge is 0.124 e. The third kappa shape index (κ3) is 3.97. The number of hydrogen-bond acceptors (Lipinski definition) is 3. The van der Waals surface area contributed by atoms with Crippen molar-refractivity contribution in [1.29, 1.82) is 0 Å². The Morgan fingerprint density at radius 3 is 2.90 bits per heavy atom. The van der Waals surface area contributed by atoms with Gasteiger partial charge in [-0.1, -0.05) is 24.1 Å². The van der Waals surface area contributed by atoms with Gasteiger partial charge in [-0.3, -0.25) is 0 Å². The van der Waals surface area contributed by atoms with Gasteiger partial charge in [-0.05, 0) is 52.8 Å². The molecule has 2 atom stereocenters. The van der Waals surface area contributed by atoms with Crippen molar-refractivity contribution in [3.63, 3.8) is 0 Å². The molecule has 1 aromatic carbocycles. The lowest BCUT2D eigenvalue weighted by Crippen LogP contribution is -2.37. The largest absolute Gasteiger partial charge is 0.493 e. The molecule has 1 aliphatic heterocycles. The Kier molecular flexibility index (Phi) is 5.44. The highest BCUT2D eigenvalue weighted by Crippen LogP contribution is 2.26. The molecule has 0 amide bonds. The SMILES string of the molecule is Cc1ccc(OCCC2CCCCN2C)c([C@@H](C)N)c1. The summed E-state index contributed by atoms with van der Waals surface area (Å²) in [6.07, 6.45) is 5.09. The van der Waals surface area contributed by atoms with Crippen molar-refractivity contribution in [2.75, 3.05) is 20.2 Å². The van der Waals surface area contributed by atoms with Gasteiger partial charge in [0.15, 0.2) is 0 Å². The molecule has 0 aliphatic carbocycles. The molecular weight excluding hydrogens is 248 g/mol. The molecule has 1 heterocycles. The van der Waals surface area contributed by atoms with E-state index >= 15 is 0 Å². The van der Waals surface area contributed by atoms with Crippen molar-refractivity contribution in [1.82, 2.24) is 4.90 Å². The molecule has 1 aromatic rings. The van der Waals surface area contributed by atoms with E-state index in [9.17, 15) is 0 Å². The third-order valence-corrected chi connectivity index (χ3v) is 4.29. The molecule has 1 saturated heterocycles. The molecule has 1 unspecified atom stereocenters. The maximum absolute atomic E-state index is 6.03. The Hall–Kier alpha value is -1.06. The number of aryl methyl sites for hydroxylation is 1. The standard InChI is InChI=1S/C17H28N2O/c1-13-7-8-17(16(12-13)14(2)18)20-11-9-15-6-4-5-10-19(15)3/h7-8,12,14-15H,4-6,9-11,18H2,1-3H3/t14-,15?/m1/s1. The molecule has 3 heteroatoms. The Morgan fingerprint density at radius 2 is 2.20 bits per heavy atom. The Morgan fingerprint density at radius 1 is 1.40 bits per heavy atom. The summed E-state index contributed by atoms with van der Waals surface area (Å²) in [5, 5.41) is 0. The van der Waals surface area contributed by atoms with Gasteiger partial charge < -0.3 is 15.4 Å². The molecule has 2 N–H and O–H groups in total. The van der Waals surface area contributed by atoms with Crippen LogP contribution < -0.4 is 10.5 Å². The van der Waals surface area contributed by atoms with Crippen molar-refractivity contribution in [3.05, 3.63) is 29.3 Å². The molecule has 0 spiro atoms. The molecule has 0 aromatic heterocycles. The maximum atomic E-state index is 6.03. The molecule has 1 fully saturated rings. The first-order valence-electron chi connectivity index (χ1n) is 7.77. The van der Waals surface area contributed by atoms with Crippen LogP contribution in [-0.2, 0) is 0 Å². The summed E-state index contributed by atoms with van der Waals surface area (Å²) in [6.45, 7) is 6.10. The summed E-state index contributed by atoms with van der Waals surface area (Å²) >= 11 is 0. The number of nitrogens with zero attached hydrogens (tertiary/aromatic N) is 1. The average Bonchev–Trinajstić information content (AvgIpc) is 2.42. The number of hydrogen-bond donors (Lipinski definition) is 1. The number of rotatable bonds is 5. The number of nitrogens with two attached hydrogens (primary N) is 1. The number of ether oxygens (including phenoxy) is 1. The second-order valence-electron chi connectivity index (χ2n) is 6.10. The molecular formula is C17H28N2O. The highest BCUT2D eigenvalue weighted by molar-refractivity contribution is 5.38. The minimum atomic E-state index is 0.0160. The maximum Gasteiger partial charge on any atom is 0.124 e. The molecule has 112 valence electrons. The summed E-state index contributed by atoms with van der Waals surface area (Å²) in [5.74, 6) is 0.948. The normalized spacial score (nSPS) is 21.7. The molecule has 2 rings (SSSR count). The van der Waals surface area contributed by atoms with Crippen LogP contribution in [0.5, 0.6) is 5.75 Å². The van der Waals surface area contributed by atoms with Crippen LogP contribution in [0, 0.1) is 6.92 Å². The highest BCUT2D eigenvalue weighted by Gasteiger charge is 2.18. The first-order chi connectivity index (χ1) is 9.58. The van der Waals surface area contributed by atoms with E-state index in [1.807, 2.05) is 6.92 Å². The van der Waals surface area contributed by atoms with E-state index in [4.69, 9.17) is 10.5 Å². The number of benzene rings is 1. The fourth-order valence-electron chi connectivity index (χ4n) is 2.97. The quantitative estimate of drug-likeness (QED) is 0.897. The van der Waals surface area contributed by atoms with E-state index < -0.39 is 0 Å². The zero-order chi connectivity index (χ0) is 14.5. The van der Waals surface area contributed by atoms with E-state index in [0.29, 0.717) is 6.04 Å². The first kappa shape index (κ1) is 15.3. The number of piperidine rings is 1. The van der Waals surface area contributed by atoms with Crippen LogP contribution in [0.1, 0.15) is 49.8 Å². The molecule has 0 bridgehead atoms. The van der Waals surface area contributed by atoms with Crippen molar-refractivity contribution in [2.24, 2.45) is 5.73 Å². The van der Waals surface area contributed by atoms with Gasteiger partial charge in [-0.2, -0.15) is 0 Å². The minimum Gasteiger partial charge on any atom is -0.493 e. The molecule has 3 nitrogen and oxygen atoms in total. The van der Waals surface area contributed by atoms with Crippen LogP contribution in [-0.4, -0.2) is 31.1 Å². The Balaban J connectivity index is 1.90. The molecule has 1 aliphatic rings. The van der Waals surface area contributed by atoms with Crippen molar-refractivity contribution in [3.8, 4) is 5.75 Å². The van der Waals surface area contributed by atoms with Crippen LogP contribution in [0.25, 0.3) is 0 Å². The zero-order valence-corrected chi connectivity index (χ0v) is 13.1. The third-order valence-electron chi connectivity index (χ3n) is 4.29. The van der Waals surface area contributed by atoms with Crippen molar-refractivity contribution in [2.45, 2.75) is 51.6 Å². The van der Waals surface area contributed by atoms with Gasteiger partial charge in [0.05, 0.1) is 6.61 Å².